The highest BCUT2D eigenvalue weighted by Gasteiger charge is 2.25. The number of nitrogens with one attached hydrogen (secondary N) is 2. The van der Waals surface area contributed by atoms with Gasteiger partial charge in [-0.2, -0.15) is 0 Å². The van der Waals surface area contributed by atoms with Crippen molar-refractivity contribution in [2.75, 3.05) is 48.8 Å². The Hall–Kier alpha value is -3.13. The molecular weight excluding hydrogens is 432 g/mol. The topological polar surface area (TPSA) is 83.1 Å². The van der Waals surface area contributed by atoms with E-state index in [1.807, 2.05) is 45.0 Å². The third-order valence-electron chi connectivity index (χ3n) is 4.83. The van der Waals surface area contributed by atoms with E-state index < -0.39 is 11.6 Å². The van der Waals surface area contributed by atoms with E-state index in [4.69, 9.17) is 21.1 Å². The highest BCUT2D eigenvalue weighted by molar-refractivity contribution is 6.31. The minimum absolute atomic E-state index is 0.279. The second-order valence-corrected chi connectivity index (χ2v) is 8.86. The minimum atomic E-state index is -0.499. The molecule has 1 aliphatic heterocycles. The van der Waals surface area contributed by atoms with Crippen molar-refractivity contribution < 1.29 is 19.1 Å². The van der Waals surface area contributed by atoms with Gasteiger partial charge < -0.3 is 29.9 Å². The van der Waals surface area contributed by atoms with Crippen molar-refractivity contribution in [1.82, 2.24) is 4.90 Å². The van der Waals surface area contributed by atoms with Crippen molar-refractivity contribution in [2.45, 2.75) is 26.4 Å². The van der Waals surface area contributed by atoms with Gasteiger partial charge in [0.1, 0.15) is 11.4 Å². The molecule has 1 heterocycles. The number of methoxy groups -OCH3 is 1. The van der Waals surface area contributed by atoms with Crippen LogP contribution in [0.3, 0.4) is 0 Å². The first-order valence-corrected chi connectivity index (χ1v) is 10.8. The van der Waals surface area contributed by atoms with Gasteiger partial charge in [0, 0.05) is 42.6 Å². The van der Waals surface area contributed by atoms with Crippen LogP contribution in [0.2, 0.25) is 5.02 Å². The van der Waals surface area contributed by atoms with Crippen molar-refractivity contribution in [3.63, 3.8) is 0 Å². The van der Waals surface area contributed by atoms with E-state index in [-0.39, 0.29) is 6.09 Å². The number of carbonyl (C=O) groups excluding carboxylic acids is 2. The molecule has 1 fully saturated rings. The van der Waals surface area contributed by atoms with E-state index >= 15 is 0 Å². The van der Waals surface area contributed by atoms with Crippen molar-refractivity contribution in [1.29, 1.82) is 0 Å². The lowest BCUT2D eigenvalue weighted by molar-refractivity contribution is 0.0240. The van der Waals surface area contributed by atoms with Gasteiger partial charge in [0.25, 0.3) is 0 Å². The van der Waals surface area contributed by atoms with Crippen LogP contribution in [-0.4, -0.2) is 55.9 Å². The maximum absolute atomic E-state index is 12.4. The summed E-state index contributed by atoms with van der Waals surface area (Å²) in [5.41, 5.74) is 1.66. The average Bonchev–Trinajstić information content (AvgIpc) is 2.73. The molecule has 0 unspecified atom stereocenters. The third kappa shape index (κ3) is 6.43. The maximum Gasteiger partial charge on any atom is 0.410 e. The van der Waals surface area contributed by atoms with Crippen LogP contribution in [0.4, 0.5) is 26.7 Å². The number of urea groups is 1. The highest BCUT2D eigenvalue weighted by atomic mass is 35.5. The number of carbonyl (C=O) groups is 2. The summed E-state index contributed by atoms with van der Waals surface area (Å²) in [6, 6.07) is 12.2. The molecule has 0 aliphatic carbocycles. The van der Waals surface area contributed by atoms with Gasteiger partial charge >= 0.3 is 12.1 Å². The summed E-state index contributed by atoms with van der Waals surface area (Å²) in [5.74, 6) is 0.519. The summed E-state index contributed by atoms with van der Waals surface area (Å²) in [5, 5.41) is 6.04. The van der Waals surface area contributed by atoms with Crippen LogP contribution in [0.5, 0.6) is 5.75 Å². The van der Waals surface area contributed by atoms with E-state index in [2.05, 4.69) is 15.5 Å². The summed E-state index contributed by atoms with van der Waals surface area (Å²) in [4.78, 5) is 28.5. The Bertz CT molecular complexity index is 951. The monoisotopic (exact) mass is 460 g/mol. The molecule has 2 N–H and O–H groups in total. The molecule has 8 nitrogen and oxygen atoms in total. The van der Waals surface area contributed by atoms with Gasteiger partial charge in [0.15, 0.2) is 0 Å². The van der Waals surface area contributed by atoms with Crippen molar-refractivity contribution in [3.8, 4) is 5.75 Å². The fourth-order valence-corrected chi connectivity index (χ4v) is 3.46. The molecule has 0 aromatic heterocycles. The molecule has 0 saturated carbocycles. The molecule has 32 heavy (non-hydrogen) atoms. The molecule has 1 aliphatic rings. The number of hydrogen-bond donors (Lipinski definition) is 2. The average molecular weight is 461 g/mol. The maximum atomic E-state index is 12.4. The molecular formula is C23H29ClN4O4. The Labute approximate surface area is 193 Å². The number of hydrogen-bond acceptors (Lipinski definition) is 5. The summed E-state index contributed by atoms with van der Waals surface area (Å²) in [6.07, 6.45) is -0.279. The van der Waals surface area contributed by atoms with Gasteiger partial charge in [0.05, 0.1) is 12.8 Å². The van der Waals surface area contributed by atoms with Gasteiger partial charge in [-0.05, 0) is 63.2 Å². The van der Waals surface area contributed by atoms with Crippen LogP contribution in [0, 0.1) is 0 Å². The Morgan fingerprint density at radius 2 is 1.62 bits per heavy atom. The van der Waals surface area contributed by atoms with E-state index in [0.717, 1.165) is 5.69 Å². The minimum Gasteiger partial charge on any atom is -0.495 e. The molecule has 172 valence electrons. The fourth-order valence-electron chi connectivity index (χ4n) is 3.29. The van der Waals surface area contributed by atoms with Crippen LogP contribution < -0.4 is 20.3 Å². The Morgan fingerprint density at radius 1 is 0.969 bits per heavy atom. The first kappa shape index (κ1) is 23.5. The Kier molecular flexibility index (Phi) is 7.35. The first-order valence-electron chi connectivity index (χ1n) is 10.4. The number of rotatable bonds is 4. The normalized spacial score (nSPS) is 14.0. The second kappa shape index (κ2) is 9.99. The predicted molar refractivity (Wildman–Crippen MR) is 127 cm³/mol. The summed E-state index contributed by atoms with van der Waals surface area (Å²) in [6.45, 7) is 8.20. The number of nitrogens with zero attached hydrogens (tertiary/aromatic N) is 2. The molecule has 1 saturated heterocycles. The summed E-state index contributed by atoms with van der Waals surface area (Å²) >= 11 is 6.00. The lowest BCUT2D eigenvalue weighted by Gasteiger charge is -2.36. The number of benzene rings is 2. The summed E-state index contributed by atoms with van der Waals surface area (Å²) < 4.78 is 10.7. The van der Waals surface area contributed by atoms with Gasteiger partial charge in [-0.25, -0.2) is 9.59 Å². The molecule has 9 heteroatoms. The number of halogens is 1. The van der Waals surface area contributed by atoms with Crippen LogP contribution in [0.1, 0.15) is 20.8 Å². The zero-order valence-electron chi connectivity index (χ0n) is 18.8. The molecule has 3 amide bonds. The first-order chi connectivity index (χ1) is 15.1. The molecule has 0 spiro atoms. The quantitative estimate of drug-likeness (QED) is 0.667. The van der Waals surface area contributed by atoms with Gasteiger partial charge in [-0.15, -0.1) is 0 Å². The molecule has 0 atom stereocenters. The molecule has 3 rings (SSSR count). The van der Waals surface area contributed by atoms with Gasteiger partial charge in [-0.3, -0.25) is 0 Å². The van der Waals surface area contributed by atoms with Crippen LogP contribution in [-0.2, 0) is 4.74 Å². The molecule has 2 aromatic rings. The number of anilines is 3. The second-order valence-electron chi connectivity index (χ2n) is 8.43. The van der Waals surface area contributed by atoms with Crippen LogP contribution in [0.25, 0.3) is 0 Å². The predicted octanol–water partition coefficient (Wildman–Crippen LogP) is 5.05. The number of piperazine rings is 1. The lowest BCUT2D eigenvalue weighted by Crippen LogP contribution is -2.50. The zero-order chi connectivity index (χ0) is 23.3. The highest BCUT2D eigenvalue weighted by Crippen LogP contribution is 2.28. The number of amides is 3. The standard InChI is InChI=1S/C23H29ClN4O4/c1-23(2,3)32-22(30)28-13-11-27(12-14-28)18-8-6-17(7-9-18)25-21(29)26-19-15-16(24)5-10-20(19)31-4/h5-10,15H,11-14H2,1-4H3,(H2,25,26,29). The van der Waals surface area contributed by atoms with E-state index in [1.165, 1.54) is 7.11 Å². The zero-order valence-corrected chi connectivity index (χ0v) is 19.5. The molecule has 0 bridgehead atoms. The SMILES string of the molecule is COc1ccc(Cl)cc1NC(=O)Nc1ccc(N2CCN(C(=O)OC(C)(C)C)CC2)cc1. The third-order valence-corrected chi connectivity index (χ3v) is 5.07. The van der Waals surface area contributed by atoms with Crippen LogP contribution in [0.15, 0.2) is 42.5 Å². The lowest BCUT2D eigenvalue weighted by atomic mass is 10.2. The molecule has 0 radical (unpaired) electrons. The largest absolute Gasteiger partial charge is 0.495 e. The Morgan fingerprint density at radius 3 is 2.22 bits per heavy atom. The van der Waals surface area contributed by atoms with Crippen LogP contribution >= 0.6 is 11.6 Å². The Balaban J connectivity index is 1.53. The van der Waals surface area contributed by atoms with Gasteiger partial charge in [0.2, 0.25) is 0 Å². The fraction of sp³-hybridized carbons (Fsp3) is 0.391. The van der Waals surface area contributed by atoms with E-state index in [1.54, 1.807) is 23.1 Å². The van der Waals surface area contributed by atoms with E-state index in [9.17, 15) is 9.59 Å². The van der Waals surface area contributed by atoms with Crippen molar-refractivity contribution in [2.24, 2.45) is 0 Å². The van der Waals surface area contributed by atoms with Crippen molar-refractivity contribution >= 4 is 40.8 Å². The van der Waals surface area contributed by atoms with Crippen molar-refractivity contribution in [3.05, 3.63) is 47.5 Å². The summed E-state index contributed by atoms with van der Waals surface area (Å²) in [7, 11) is 1.53. The number of ether oxygens (including phenoxy) is 2. The smallest absolute Gasteiger partial charge is 0.410 e. The van der Waals surface area contributed by atoms with Gasteiger partial charge in [-0.1, -0.05) is 11.6 Å². The van der Waals surface area contributed by atoms with E-state index in [0.29, 0.717) is 48.3 Å². The molecule has 2 aromatic carbocycles.